The molecule has 0 saturated carbocycles. The molecule has 0 spiro atoms. The van der Waals surface area contributed by atoms with Gasteiger partial charge < -0.3 is 15.5 Å². The van der Waals surface area contributed by atoms with Gasteiger partial charge in [0.1, 0.15) is 0 Å². The summed E-state index contributed by atoms with van der Waals surface area (Å²) >= 11 is 0. The molecule has 2 amide bonds. The van der Waals surface area contributed by atoms with Crippen molar-refractivity contribution < 1.29 is 9.59 Å². The van der Waals surface area contributed by atoms with Crippen molar-refractivity contribution >= 4 is 35.0 Å². The minimum atomic E-state index is 0. The first-order chi connectivity index (χ1) is 13.6. The van der Waals surface area contributed by atoms with Crippen molar-refractivity contribution in [2.75, 3.05) is 26.2 Å². The summed E-state index contributed by atoms with van der Waals surface area (Å²) in [6.45, 7) is 5.39. The van der Waals surface area contributed by atoms with Gasteiger partial charge >= 0.3 is 0 Å². The van der Waals surface area contributed by atoms with E-state index >= 15 is 0 Å². The average molecular weight is 416 g/mol. The number of hydrogen-bond acceptors (Lipinski definition) is 3. The van der Waals surface area contributed by atoms with Gasteiger partial charge in [0.2, 0.25) is 5.91 Å². The van der Waals surface area contributed by atoms with Gasteiger partial charge in [-0.3, -0.25) is 9.59 Å². The van der Waals surface area contributed by atoms with E-state index in [4.69, 9.17) is 0 Å². The molecule has 2 atom stereocenters. The highest BCUT2D eigenvalue weighted by Crippen LogP contribution is 2.24. The van der Waals surface area contributed by atoms with Crippen LogP contribution in [0.2, 0.25) is 0 Å². The maximum atomic E-state index is 13.1. The van der Waals surface area contributed by atoms with Crippen LogP contribution in [0, 0.1) is 11.8 Å². The molecular weight excluding hydrogens is 386 g/mol. The molecule has 2 aromatic carbocycles. The molecule has 2 aromatic rings. The minimum absolute atomic E-state index is 0. The number of benzene rings is 2. The summed E-state index contributed by atoms with van der Waals surface area (Å²) in [5.41, 5.74) is 0.754. The van der Waals surface area contributed by atoms with Crippen molar-refractivity contribution in [3.05, 3.63) is 48.0 Å². The van der Waals surface area contributed by atoms with E-state index in [0.717, 1.165) is 48.7 Å². The quantitative estimate of drug-likeness (QED) is 0.809. The summed E-state index contributed by atoms with van der Waals surface area (Å²) < 4.78 is 0. The zero-order chi connectivity index (χ0) is 19.5. The number of carbonyl (C=O) groups excluding carboxylic acids is 2. The Labute approximate surface area is 178 Å². The SMILES string of the molecule is CC1CNCCC1NC(=O)C1CCN(C(=O)c2cccc3ccccc23)CC1.Cl. The molecule has 2 N–H and O–H groups in total. The molecule has 2 fully saturated rings. The molecule has 2 aliphatic heterocycles. The van der Waals surface area contributed by atoms with Crippen LogP contribution in [0.25, 0.3) is 10.8 Å². The molecule has 29 heavy (non-hydrogen) atoms. The second kappa shape index (κ2) is 9.59. The van der Waals surface area contributed by atoms with Crippen LogP contribution < -0.4 is 10.6 Å². The third-order valence-electron chi connectivity index (χ3n) is 6.29. The third-order valence-corrected chi connectivity index (χ3v) is 6.29. The number of amides is 2. The van der Waals surface area contributed by atoms with Gasteiger partial charge in [0.05, 0.1) is 0 Å². The second-order valence-electron chi connectivity index (χ2n) is 8.18. The minimum Gasteiger partial charge on any atom is -0.353 e. The number of halogens is 1. The van der Waals surface area contributed by atoms with Gasteiger partial charge in [-0.05, 0) is 55.1 Å². The third kappa shape index (κ3) is 4.73. The molecule has 0 aliphatic carbocycles. The lowest BCUT2D eigenvalue weighted by atomic mass is 9.91. The van der Waals surface area contributed by atoms with Crippen molar-refractivity contribution in [3.63, 3.8) is 0 Å². The van der Waals surface area contributed by atoms with Crippen molar-refractivity contribution in [2.45, 2.75) is 32.2 Å². The first-order valence-electron chi connectivity index (χ1n) is 10.4. The van der Waals surface area contributed by atoms with Crippen LogP contribution in [0.4, 0.5) is 0 Å². The standard InChI is InChI=1S/C23H29N3O2.ClH/c1-16-15-24-12-9-21(16)25-22(27)18-10-13-26(14-11-18)23(28)20-8-4-6-17-5-2-3-7-19(17)20;/h2-8,16,18,21,24H,9-15H2,1H3,(H,25,27);1H. The Morgan fingerprint density at radius 1 is 1.03 bits per heavy atom. The summed E-state index contributed by atoms with van der Waals surface area (Å²) in [5, 5.41) is 8.70. The van der Waals surface area contributed by atoms with E-state index in [0.29, 0.717) is 19.0 Å². The highest BCUT2D eigenvalue weighted by atomic mass is 35.5. The van der Waals surface area contributed by atoms with Crippen molar-refractivity contribution in [1.29, 1.82) is 0 Å². The van der Waals surface area contributed by atoms with Crippen LogP contribution >= 0.6 is 12.4 Å². The van der Waals surface area contributed by atoms with Crippen LogP contribution in [0.5, 0.6) is 0 Å². The zero-order valence-electron chi connectivity index (χ0n) is 16.9. The van der Waals surface area contributed by atoms with Gasteiger partial charge in [-0.1, -0.05) is 43.3 Å². The Bertz CT molecular complexity index is 859. The summed E-state index contributed by atoms with van der Waals surface area (Å²) in [6, 6.07) is 14.1. The Morgan fingerprint density at radius 2 is 1.76 bits per heavy atom. The lowest BCUT2D eigenvalue weighted by Crippen LogP contribution is -2.51. The number of hydrogen-bond donors (Lipinski definition) is 2. The molecule has 2 unspecified atom stereocenters. The summed E-state index contributed by atoms with van der Waals surface area (Å²) in [7, 11) is 0. The lowest BCUT2D eigenvalue weighted by Gasteiger charge is -2.34. The number of carbonyl (C=O) groups is 2. The largest absolute Gasteiger partial charge is 0.353 e. The van der Waals surface area contributed by atoms with Gasteiger partial charge in [-0.25, -0.2) is 0 Å². The van der Waals surface area contributed by atoms with E-state index in [1.807, 2.05) is 47.4 Å². The van der Waals surface area contributed by atoms with Crippen molar-refractivity contribution in [1.82, 2.24) is 15.5 Å². The Kier molecular flexibility index (Phi) is 7.14. The maximum Gasteiger partial charge on any atom is 0.254 e. The van der Waals surface area contributed by atoms with Crippen LogP contribution in [0.3, 0.4) is 0 Å². The molecule has 2 heterocycles. The number of rotatable bonds is 3. The van der Waals surface area contributed by atoms with Crippen LogP contribution in [0.1, 0.15) is 36.5 Å². The molecule has 5 nitrogen and oxygen atoms in total. The summed E-state index contributed by atoms with van der Waals surface area (Å²) in [6.07, 6.45) is 2.47. The van der Waals surface area contributed by atoms with Crippen LogP contribution in [-0.4, -0.2) is 48.9 Å². The number of piperidine rings is 2. The van der Waals surface area contributed by atoms with E-state index in [2.05, 4.69) is 17.6 Å². The van der Waals surface area contributed by atoms with Gasteiger partial charge in [0.15, 0.2) is 0 Å². The smallest absolute Gasteiger partial charge is 0.254 e. The van der Waals surface area contributed by atoms with Crippen LogP contribution in [0.15, 0.2) is 42.5 Å². The van der Waals surface area contributed by atoms with Gasteiger partial charge in [-0.2, -0.15) is 0 Å². The predicted octanol–water partition coefficient (Wildman–Crippen LogP) is 3.23. The Morgan fingerprint density at radius 3 is 2.52 bits per heavy atom. The summed E-state index contributed by atoms with van der Waals surface area (Å²) in [5.74, 6) is 0.711. The van der Waals surface area contributed by atoms with Crippen molar-refractivity contribution in [2.24, 2.45) is 11.8 Å². The molecule has 156 valence electrons. The molecule has 0 radical (unpaired) electrons. The normalized spacial score (nSPS) is 22.7. The number of nitrogens with zero attached hydrogens (tertiary/aromatic N) is 1. The fraction of sp³-hybridized carbons (Fsp3) is 0.478. The Balaban J connectivity index is 0.00000240. The fourth-order valence-corrected chi connectivity index (χ4v) is 4.46. The number of nitrogens with one attached hydrogen (secondary N) is 2. The molecule has 4 rings (SSSR count). The number of likely N-dealkylation sites (tertiary alicyclic amines) is 1. The van der Waals surface area contributed by atoms with E-state index in [1.54, 1.807) is 0 Å². The van der Waals surface area contributed by atoms with E-state index in [9.17, 15) is 9.59 Å². The average Bonchev–Trinajstić information content (AvgIpc) is 2.74. The fourth-order valence-electron chi connectivity index (χ4n) is 4.46. The lowest BCUT2D eigenvalue weighted by molar-refractivity contribution is -0.127. The van der Waals surface area contributed by atoms with Gasteiger partial charge in [0.25, 0.3) is 5.91 Å². The highest BCUT2D eigenvalue weighted by molar-refractivity contribution is 6.07. The second-order valence-corrected chi connectivity index (χ2v) is 8.18. The molecule has 6 heteroatoms. The molecule has 0 aromatic heterocycles. The van der Waals surface area contributed by atoms with Crippen LogP contribution in [-0.2, 0) is 4.79 Å². The Hall–Kier alpha value is -2.11. The van der Waals surface area contributed by atoms with E-state index < -0.39 is 0 Å². The monoisotopic (exact) mass is 415 g/mol. The van der Waals surface area contributed by atoms with Gasteiger partial charge in [0, 0.05) is 30.6 Å². The van der Waals surface area contributed by atoms with E-state index in [1.165, 1.54) is 0 Å². The molecule has 0 bridgehead atoms. The maximum absolute atomic E-state index is 13.1. The highest BCUT2D eigenvalue weighted by Gasteiger charge is 2.31. The molecule has 2 aliphatic rings. The zero-order valence-corrected chi connectivity index (χ0v) is 17.7. The van der Waals surface area contributed by atoms with E-state index in [-0.39, 0.29) is 36.2 Å². The molecule has 2 saturated heterocycles. The molecular formula is C23H30ClN3O2. The predicted molar refractivity (Wildman–Crippen MR) is 118 cm³/mol. The number of fused-ring (bicyclic) bond motifs is 1. The first-order valence-corrected chi connectivity index (χ1v) is 10.4. The topological polar surface area (TPSA) is 61.4 Å². The van der Waals surface area contributed by atoms with Gasteiger partial charge in [-0.15, -0.1) is 12.4 Å². The first kappa shape index (κ1) is 21.6. The summed E-state index contributed by atoms with van der Waals surface area (Å²) in [4.78, 5) is 27.7. The van der Waals surface area contributed by atoms with Crippen molar-refractivity contribution in [3.8, 4) is 0 Å².